The SMILES string of the molecule is CC.CC(CCC(O)CCNC=O)C(C)(C)C. The molecule has 0 saturated carbocycles. The average molecular weight is 245 g/mol. The van der Waals surface area contributed by atoms with Gasteiger partial charge in [0.1, 0.15) is 0 Å². The molecule has 0 rings (SSSR count). The van der Waals surface area contributed by atoms with Gasteiger partial charge in [-0.1, -0.05) is 41.5 Å². The summed E-state index contributed by atoms with van der Waals surface area (Å²) >= 11 is 0. The standard InChI is InChI=1S/C12H25NO2.C2H6/c1-10(12(2,3)4)5-6-11(15)7-8-13-9-14;1-2/h9-11,15H,5-8H2,1-4H3,(H,13,14);1-2H3. The van der Waals surface area contributed by atoms with Crippen molar-refractivity contribution in [3.8, 4) is 0 Å². The van der Waals surface area contributed by atoms with E-state index in [1.54, 1.807) is 0 Å². The van der Waals surface area contributed by atoms with Crippen LogP contribution in [0.2, 0.25) is 0 Å². The van der Waals surface area contributed by atoms with Gasteiger partial charge in [-0.3, -0.25) is 4.79 Å². The van der Waals surface area contributed by atoms with Crippen LogP contribution >= 0.6 is 0 Å². The van der Waals surface area contributed by atoms with Gasteiger partial charge in [0.25, 0.3) is 0 Å². The number of hydrogen-bond acceptors (Lipinski definition) is 2. The molecule has 2 atom stereocenters. The van der Waals surface area contributed by atoms with Crippen LogP contribution in [0.3, 0.4) is 0 Å². The molecule has 0 fully saturated rings. The molecule has 0 aliphatic heterocycles. The first-order valence-electron chi connectivity index (χ1n) is 6.73. The fourth-order valence-corrected chi connectivity index (χ4v) is 1.33. The molecule has 0 radical (unpaired) electrons. The maximum absolute atomic E-state index is 9.99. The molecule has 2 N–H and O–H groups in total. The van der Waals surface area contributed by atoms with Gasteiger partial charge in [0.2, 0.25) is 6.41 Å². The fraction of sp³-hybridized carbons (Fsp3) is 0.929. The third-order valence-electron chi connectivity index (χ3n) is 3.12. The molecular weight excluding hydrogens is 214 g/mol. The van der Waals surface area contributed by atoms with Crippen LogP contribution in [-0.2, 0) is 4.79 Å². The molecule has 1 amide bonds. The molecule has 3 nitrogen and oxygen atoms in total. The quantitative estimate of drug-likeness (QED) is 0.535. The second-order valence-electron chi connectivity index (χ2n) is 5.36. The van der Waals surface area contributed by atoms with Gasteiger partial charge in [0.15, 0.2) is 0 Å². The summed E-state index contributed by atoms with van der Waals surface area (Å²) in [5.41, 5.74) is 0.306. The summed E-state index contributed by atoms with van der Waals surface area (Å²) in [5.74, 6) is 0.603. The van der Waals surface area contributed by atoms with Crippen molar-refractivity contribution < 1.29 is 9.90 Å². The lowest BCUT2D eigenvalue weighted by atomic mass is 9.79. The van der Waals surface area contributed by atoms with Gasteiger partial charge in [-0.2, -0.15) is 0 Å². The fourth-order valence-electron chi connectivity index (χ4n) is 1.33. The molecule has 2 unspecified atom stereocenters. The second kappa shape index (κ2) is 10.6. The van der Waals surface area contributed by atoms with Gasteiger partial charge >= 0.3 is 0 Å². The predicted octanol–water partition coefficient (Wildman–Crippen LogP) is 2.97. The molecule has 0 aromatic heterocycles. The van der Waals surface area contributed by atoms with Gasteiger partial charge < -0.3 is 10.4 Å². The van der Waals surface area contributed by atoms with E-state index in [4.69, 9.17) is 0 Å². The number of carbonyl (C=O) groups excluding carboxylic acids is 1. The molecule has 0 heterocycles. The molecule has 0 aromatic rings. The van der Waals surface area contributed by atoms with Gasteiger partial charge in [0.05, 0.1) is 6.10 Å². The molecule has 0 aliphatic rings. The lowest BCUT2D eigenvalue weighted by molar-refractivity contribution is -0.109. The Kier molecular flexibility index (Phi) is 11.7. The highest BCUT2D eigenvalue weighted by atomic mass is 16.3. The second-order valence-corrected chi connectivity index (χ2v) is 5.36. The third-order valence-corrected chi connectivity index (χ3v) is 3.12. The summed E-state index contributed by atoms with van der Waals surface area (Å²) in [6.07, 6.45) is 2.88. The van der Waals surface area contributed by atoms with Crippen LogP contribution < -0.4 is 5.32 Å². The summed E-state index contributed by atoms with van der Waals surface area (Å²) in [6, 6.07) is 0. The minimum atomic E-state index is -0.290. The molecule has 0 aliphatic carbocycles. The first-order valence-corrected chi connectivity index (χ1v) is 6.73. The number of aliphatic hydroxyl groups is 1. The molecule has 0 aromatic carbocycles. The Balaban J connectivity index is 0. The molecule has 17 heavy (non-hydrogen) atoms. The van der Waals surface area contributed by atoms with E-state index in [9.17, 15) is 9.90 Å². The summed E-state index contributed by atoms with van der Waals surface area (Å²) in [6.45, 7) is 13.4. The molecular formula is C14H31NO2. The average Bonchev–Trinajstić information content (AvgIpc) is 2.27. The van der Waals surface area contributed by atoms with Crippen LogP contribution in [0.5, 0.6) is 0 Å². The van der Waals surface area contributed by atoms with Gasteiger partial charge in [-0.25, -0.2) is 0 Å². The molecule has 0 saturated heterocycles. The Labute approximate surface area is 107 Å². The van der Waals surface area contributed by atoms with E-state index >= 15 is 0 Å². The van der Waals surface area contributed by atoms with Crippen molar-refractivity contribution in [2.24, 2.45) is 11.3 Å². The van der Waals surface area contributed by atoms with Crippen LogP contribution in [0.15, 0.2) is 0 Å². The highest BCUT2D eigenvalue weighted by molar-refractivity contribution is 5.45. The van der Waals surface area contributed by atoms with E-state index in [1.165, 1.54) is 0 Å². The van der Waals surface area contributed by atoms with Crippen LogP contribution in [0.4, 0.5) is 0 Å². The number of nitrogens with one attached hydrogen (secondary N) is 1. The van der Waals surface area contributed by atoms with Gasteiger partial charge in [-0.05, 0) is 30.6 Å². The van der Waals surface area contributed by atoms with E-state index in [0.29, 0.717) is 30.7 Å². The monoisotopic (exact) mass is 245 g/mol. The van der Waals surface area contributed by atoms with Crippen molar-refractivity contribution >= 4 is 6.41 Å². The van der Waals surface area contributed by atoms with Crippen molar-refractivity contribution in [2.45, 2.75) is 66.9 Å². The predicted molar refractivity (Wildman–Crippen MR) is 73.9 cm³/mol. The number of hydrogen-bond donors (Lipinski definition) is 2. The minimum absolute atomic E-state index is 0.290. The van der Waals surface area contributed by atoms with E-state index in [1.807, 2.05) is 13.8 Å². The van der Waals surface area contributed by atoms with E-state index in [0.717, 1.165) is 12.8 Å². The molecule has 104 valence electrons. The highest BCUT2D eigenvalue weighted by Gasteiger charge is 2.20. The lowest BCUT2D eigenvalue weighted by Gasteiger charge is -2.27. The van der Waals surface area contributed by atoms with Gasteiger partial charge in [0, 0.05) is 6.54 Å². The van der Waals surface area contributed by atoms with Crippen molar-refractivity contribution in [3.63, 3.8) is 0 Å². The van der Waals surface area contributed by atoms with Crippen molar-refractivity contribution in [2.75, 3.05) is 6.54 Å². The van der Waals surface area contributed by atoms with Crippen molar-refractivity contribution in [1.29, 1.82) is 0 Å². The van der Waals surface area contributed by atoms with Crippen molar-refractivity contribution in [1.82, 2.24) is 5.32 Å². The van der Waals surface area contributed by atoms with Crippen LogP contribution in [0.1, 0.15) is 60.8 Å². The Morgan fingerprint density at radius 2 is 1.71 bits per heavy atom. The minimum Gasteiger partial charge on any atom is -0.393 e. The maximum atomic E-state index is 9.99. The molecule has 3 heteroatoms. The summed E-state index contributed by atoms with van der Waals surface area (Å²) in [7, 11) is 0. The normalized spacial score (nSPS) is 14.3. The zero-order chi connectivity index (χ0) is 13.9. The van der Waals surface area contributed by atoms with Crippen molar-refractivity contribution in [3.05, 3.63) is 0 Å². The van der Waals surface area contributed by atoms with Crippen LogP contribution in [-0.4, -0.2) is 24.2 Å². The van der Waals surface area contributed by atoms with Gasteiger partial charge in [-0.15, -0.1) is 0 Å². The largest absolute Gasteiger partial charge is 0.393 e. The van der Waals surface area contributed by atoms with E-state index in [-0.39, 0.29) is 6.10 Å². The highest BCUT2D eigenvalue weighted by Crippen LogP contribution is 2.29. The van der Waals surface area contributed by atoms with E-state index in [2.05, 4.69) is 33.0 Å². The first kappa shape index (κ1) is 18.8. The Morgan fingerprint density at radius 3 is 2.12 bits per heavy atom. The third kappa shape index (κ3) is 11.7. The Bertz CT molecular complexity index is 176. The first-order chi connectivity index (χ1) is 7.88. The number of amides is 1. The zero-order valence-corrected chi connectivity index (χ0v) is 12.4. The molecule has 0 spiro atoms. The lowest BCUT2D eigenvalue weighted by Crippen LogP contribution is -2.22. The van der Waals surface area contributed by atoms with Crippen LogP contribution in [0, 0.1) is 11.3 Å². The summed E-state index contributed by atoms with van der Waals surface area (Å²) < 4.78 is 0. The Morgan fingerprint density at radius 1 is 1.18 bits per heavy atom. The van der Waals surface area contributed by atoms with Crippen LogP contribution in [0.25, 0.3) is 0 Å². The number of carbonyl (C=O) groups is 1. The zero-order valence-electron chi connectivity index (χ0n) is 12.4. The Hall–Kier alpha value is -0.570. The molecule has 0 bridgehead atoms. The number of rotatable bonds is 7. The summed E-state index contributed by atoms with van der Waals surface area (Å²) in [4.78, 5) is 9.99. The van der Waals surface area contributed by atoms with E-state index < -0.39 is 0 Å². The smallest absolute Gasteiger partial charge is 0.207 e. The number of aliphatic hydroxyl groups excluding tert-OH is 1. The maximum Gasteiger partial charge on any atom is 0.207 e. The summed E-state index contributed by atoms with van der Waals surface area (Å²) in [5, 5.41) is 12.2. The topological polar surface area (TPSA) is 49.3 Å².